The molecule has 1 rings (SSSR count). The van der Waals surface area contributed by atoms with E-state index < -0.39 is 10.9 Å². The van der Waals surface area contributed by atoms with E-state index in [-0.39, 0.29) is 36.9 Å². The number of hydrogen-bond acceptors (Lipinski definition) is 7. The van der Waals surface area contributed by atoms with E-state index in [2.05, 4.69) is 6.92 Å². The van der Waals surface area contributed by atoms with Crippen molar-refractivity contribution in [3.05, 3.63) is 33.9 Å². The number of hydrogen-bond donors (Lipinski definition) is 0. The minimum Gasteiger partial charge on any atom is -0.490 e. The molecule has 0 aliphatic carbocycles. The summed E-state index contributed by atoms with van der Waals surface area (Å²) < 4.78 is 15.2. The predicted octanol–water partition coefficient (Wildman–Crippen LogP) is 5.11. The SMILES string of the molecule is CCCCCCCCCOC(=O)CCCC(=O)OCc1ccc(OC)c([N+](=O)[O-])c1. The zero-order chi connectivity index (χ0) is 22.2. The fourth-order valence-corrected chi connectivity index (χ4v) is 2.90. The fourth-order valence-electron chi connectivity index (χ4n) is 2.90. The lowest BCUT2D eigenvalue weighted by Gasteiger charge is -2.07. The number of unbranched alkanes of at least 4 members (excludes halogenated alkanes) is 6. The molecule has 0 heterocycles. The maximum Gasteiger partial charge on any atom is 0.311 e. The van der Waals surface area contributed by atoms with Crippen LogP contribution < -0.4 is 4.74 Å². The van der Waals surface area contributed by atoms with Crippen LogP contribution in [0.3, 0.4) is 0 Å². The van der Waals surface area contributed by atoms with Gasteiger partial charge in [0.1, 0.15) is 6.61 Å². The van der Waals surface area contributed by atoms with Gasteiger partial charge in [-0.15, -0.1) is 0 Å². The van der Waals surface area contributed by atoms with Crippen molar-refractivity contribution in [2.24, 2.45) is 0 Å². The molecular formula is C22H33NO7. The molecule has 0 saturated carbocycles. The van der Waals surface area contributed by atoms with Crippen LogP contribution in [0.25, 0.3) is 0 Å². The lowest BCUT2D eigenvalue weighted by molar-refractivity contribution is -0.385. The molecule has 0 fully saturated rings. The average Bonchev–Trinajstić information content (AvgIpc) is 2.73. The fraction of sp³-hybridized carbons (Fsp3) is 0.636. The van der Waals surface area contributed by atoms with E-state index in [9.17, 15) is 19.7 Å². The Morgan fingerprint density at radius 3 is 2.20 bits per heavy atom. The molecule has 0 spiro atoms. The smallest absolute Gasteiger partial charge is 0.311 e. The molecular weight excluding hydrogens is 390 g/mol. The van der Waals surface area contributed by atoms with E-state index in [0.29, 0.717) is 18.6 Å². The minimum atomic E-state index is -0.553. The van der Waals surface area contributed by atoms with Gasteiger partial charge in [0.2, 0.25) is 0 Å². The van der Waals surface area contributed by atoms with Crippen LogP contribution >= 0.6 is 0 Å². The van der Waals surface area contributed by atoms with Crippen molar-refractivity contribution >= 4 is 17.6 Å². The first kappa shape index (κ1) is 25.4. The Balaban J connectivity index is 2.15. The Hall–Kier alpha value is -2.64. The van der Waals surface area contributed by atoms with Crippen molar-refractivity contribution in [1.82, 2.24) is 0 Å². The summed E-state index contributed by atoms with van der Waals surface area (Å²) in [6.45, 7) is 2.54. The van der Waals surface area contributed by atoms with Crippen LogP contribution in [0.5, 0.6) is 5.75 Å². The summed E-state index contributed by atoms with van der Waals surface area (Å²) >= 11 is 0. The van der Waals surface area contributed by atoms with E-state index in [4.69, 9.17) is 14.2 Å². The lowest BCUT2D eigenvalue weighted by atomic mass is 10.1. The Bertz CT molecular complexity index is 675. The molecule has 0 atom stereocenters. The normalized spacial score (nSPS) is 10.5. The zero-order valence-electron chi connectivity index (χ0n) is 18.0. The summed E-state index contributed by atoms with van der Waals surface area (Å²) in [5.74, 6) is -0.627. The second-order valence-corrected chi connectivity index (χ2v) is 7.12. The summed E-state index contributed by atoms with van der Waals surface area (Å²) in [6.07, 6.45) is 8.70. The van der Waals surface area contributed by atoms with Gasteiger partial charge < -0.3 is 14.2 Å². The molecule has 8 nitrogen and oxygen atoms in total. The first-order valence-corrected chi connectivity index (χ1v) is 10.6. The van der Waals surface area contributed by atoms with Gasteiger partial charge in [-0.25, -0.2) is 0 Å². The van der Waals surface area contributed by atoms with Crippen LogP contribution in [0.15, 0.2) is 18.2 Å². The van der Waals surface area contributed by atoms with Gasteiger partial charge in [-0.3, -0.25) is 19.7 Å². The molecule has 30 heavy (non-hydrogen) atoms. The van der Waals surface area contributed by atoms with Crippen molar-refractivity contribution in [2.45, 2.75) is 77.7 Å². The van der Waals surface area contributed by atoms with Gasteiger partial charge in [0.25, 0.3) is 0 Å². The third-order valence-electron chi connectivity index (χ3n) is 4.61. The number of nitro benzene ring substituents is 1. The summed E-state index contributed by atoms with van der Waals surface area (Å²) in [6, 6.07) is 4.37. The molecule has 0 unspecified atom stereocenters. The molecule has 168 valence electrons. The summed E-state index contributed by atoms with van der Waals surface area (Å²) in [4.78, 5) is 34.0. The number of carbonyl (C=O) groups excluding carboxylic acids is 2. The van der Waals surface area contributed by atoms with E-state index in [0.717, 1.165) is 12.8 Å². The van der Waals surface area contributed by atoms with Crippen molar-refractivity contribution in [3.8, 4) is 5.75 Å². The van der Waals surface area contributed by atoms with Crippen LogP contribution in [-0.4, -0.2) is 30.6 Å². The van der Waals surface area contributed by atoms with Crippen molar-refractivity contribution < 1.29 is 28.7 Å². The second-order valence-electron chi connectivity index (χ2n) is 7.12. The number of benzene rings is 1. The summed E-state index contributed by atoms with van der Waals surface area (Å²) in [5, 5.41) is 11.0. The highest BCUT2D eigenvalue weighted by Crippen LogP contribution is 2.27. The molecule has 0 bridgehead atoms. The Morgan fingerprint density at radius 1 is 0.933 bits per heavy atom. The molecule has 0 N–H and O–H groups in total. The van der Waals surface area contributed by atoms with Gasteiger partial charge in [0.05, 0.1) is 18.6 Å². The Morgan fingerprint density at radius 2 is 1.57 bits per heavy atom. The molecule has 8 heteroatoms. The number of methoxy groups -OCH3 is 1. The quantitative estimate of drug-likeness (QED) is 0.157. The standard InChI is InChI=1S/C22H33NO7/c1-3-4-5-6-7-8-9-15-29-21(24)11-10-12-22(25)30-17-18-13-14-20(28-2)19(16-18)23(26)27/h13-14,16H,3-12,15,17H2,1-2H3. The molecule has 0 aromatic heterocycles. The minimum absolute atomic E-state index is 0.0770. The van der Waals surface area contributed by atoms with E-state index >= 15 is 0 Å². The van der Waals surface area contributed by atoms with Gasteiger partial charge in [-0.05, 0) is 24.5 Å². The van der Waals surface area contributed by atoms with E-state index in [1.54, 1.807) is 6.07 Å². The van der Waals surface area contributed by atoms with E-state index in [1.807, 2.05) is 0 Å². The Labute approximate surface area is 178 Å². The number of nitrogens with zero attached hydrogens (tertiary/aromatic N) is 1. The molecule has 0 aliphatic rings. The van der Waals surface area contributed by atoms with Gasteiger partial charge >= 0.3 is 17.6 Å². The monoisotopic (exact) mass is 423 g/mol. The van der Waals surface area contributed by atoms with Crippen molar-refractivity contribution in [2.75, 3.05) is 13.7 Å². The van der Waals surface area contributed by atoms with Crippen LogP contribution in [0, 0.1) is 10.1 Å². The third kappa shape index (κ3) is 10.8. The van der Waals surface area contributed by atoms with Crippen LogP contribution in [0.1, 0.15) is 76.7 Å². The van der Waals surface area contributed by atoms with Crippen LogP contribution in [0.2, 0.25) is 0 Å². The predicted molar refractivity (Wildman–Crippen MR) is 112 cm³/mol. The summed E-state index contributed by atoms with van der Waals surface area (Å²) in [5.41, 5.74) is 0.305. The first-order chi connectivity index (χ1) is 14.5. The van der Waals surface area contributed by atoms with Crippen molar-refractivity contribution in [3.63, 3.8) is 0 Å². The highest BCUT2D eigenvalue weighted by Gasteiger charge is 2.16. The number of ether oxygens (including phenoxy) is 3. The first-order valence-electron chi connectivity index (χ1n) is 10.6. The molecule has 1 aromatic carbocycles. The number of rotatable bonds is 16. The largest absolute Gasteiger partial charge is 0.490 e. The maximum atomic E-state index is 11.8. The molecule has 1 aromatic rings. The second kappa shape index (κ2) is 15.2. The molecule has 0 radical (unpaired) electrons. The van der Waals surface area contributed by atoms with E-state index in [1.165, 1.54) is 51.3 Å². The highest BCUT2D eigenvalue weighted by atomic mass is 16.6. The molecule has 0 aliphatic heterocycles. The maximum absolute atomic E-state index is 11.8. The van der Waals surface area contributed by atoms with Gasteiger partial charge in [-0.2, -0.15) is 0 Å². The molecule has 0 amide bonds. The molecule has 0 saturated heterocycles. The van der Waals surface area contributed by atoms with Crippen molar-refractivity contribution in [1.29, 1.82) is 0 Å². The lowest BCUT2D eigenvalue weighted by Crippen LogP contribution is -2.09. The van der Waals surface area contributed by atoms with Crippen LogP contribution in [-0.2, 0) is 25.7 Å². The number of nitro groups is 1. The van der Waals surface area contributed by atoms with Gasteiger partial charge in [0, 0.05) is 18.9 Å². The third-order valence-corrected chi connectivity index (χ3v) is 4.61. The average molecular weight is 424 g/mol. The zero-order valence-corrected chi connectivity index (χ0v) is 18.0. The number of esters is 2. The van der Waals surface area contributed by atoms with Gasteiger partial charge in [-0.1, -0.05) is 51.5 Å². The summed E-state index contributed by atoms with van der Waals surface area (Å²) in [7, 11) is 1.35. The Kier molecular flexibility index (Phi) is 12.9. The highest BCUT2D eigenvalue weighted by molar-refractivity contribution is 5.72. The van der Waals surface area contributed by atoms with Gasteiger partial charge in [0.15, 0.2) is 5.75 Å². The number of carbonyl (C=O) groups is 2. The van der Waals surface area contributed by atoms with Crippen LogP contribution in [0.4, 0.5) is 5.69 Å². The topological polar surface area (TPSA) is 105 Å².